The number of hydrogen-bond acceptors (Lipinski definition) is 2. The number of benzene rings is 1. The molecule has 1 aliphatic rings. The number of carbonyl (C=O) groups is 1. The highest BCUT2D eigenvalue weighted by atomic mass is 16.1. The van der Waals surface area contributed by atoms with E-state index in [4.69, 9.17) is 0 Å². The molecule has 2 rings (SSSR count). The summed E-state index contributed by atoms with van der Waals surface area (Å²) in [6.07, 6.45) is 2.87. The highest BCUT2D eigenvalue weighted by Gasteiger charge is 2.14. The molecular weight excluding hydrogens is 198 g/mol. The number of rotatable bonds is 4. The van der Waals surface area contributed by atoms with Crippen LogP contribution in [0, 0.1) is 0 Å². The molecule has 0 aliphatic carbocycles. The summed E-state index contributed by atoms with van der Waals surface area (Å²) in [4.78, 5) is 13.3. The Hall–Kier alpha value is -1.15. The van der Waals surface area contributed by atoms with E-state index in [0.717, 1.165) is 38.9 Å². The molecule has 0 amide bonds. The molecule has 0 N–H and O–H groups in total. The highest BCUT2D eigenvalue weighted by molar-refractivity contribution is 5.75. The minimum atomic E-state index is 0.303. The van der Waals surface area contributed by atoms with Gasteiger partial charge >= 0.3 is 0 Å². The Bertz CT molecular complexity index is 373. The van der Waals surface area contributed by atoms with E-state index >= 15 is 0 Å². The number of Topliss-reactive ketones (excluding diaryl/α,β-unsaturated/α-hetero) is 1. The maximum atomic E-state index is 10.9. The minimum Gasteiger partial charge on any atom is -0.300 e. The Morgan fingerprint density at radius 1 is 1.31 bits per heavy atom. The lowest BCUT2D eigenvalue weighted by Crippen LogP contribution is -2.31. The highest BCUT2D eigenvalue weighted by Crippen LogP contribution is 2.18. The van der Waals surface area contributed by atoms with Crippen LogP contribution in [-0.4, -0.2) is 23.8 Å². The maximum Gasteiger partial charge on any atom is 0.129 e. The lowest BCUT2D eigenvalue weighted by Gasteiger charge is -2.28. The van der Waals surface area contributed by atoms with Crippen LogP contribution in [0.3, 0.4) is 0 Å². The van der Waals surface area contributed by atoms with Gasteiger partial charge in [0, 0.05) is 19.5 Å². The smallest absolute Gasteiger partial charge is 0.129 e. The zero-order valence-electron chi connectivity index (χ0n) is 9.91. The summed E-state index contributed by atoms with van der Waals surface area (Å²) in [5, 5.41) is 0. The predicted molar refractivity (Wildman–Crippen MR) is 65.3 cm³/mol. The maximum absolute atomic E-state index is 10.9. The van der Waals surface area contributed by atoms with Crippen molar-refractivity contribution in [3.8, 4) is 0 Å². The minimum absolute atomic E-state index is 0.303. The van der Waals surface area contributed by atoms with Gasteiger partial charge in [-0.05, 0) is 37.4 Å². The van der Waals surface area contributed by atoms with Crippen LogP contribution >= 0.6 is 0 Å². The van der Waals surface area contributed by atoms with Crippen molar-refractivity contribution in [1.82, 2.24) is 4.90 Å². The fourth-order valence-corrected chi connectivity index (χ4v) is 2.30. The molecule has 1 aromatic carbocycles. The molecule has 1 aliphatic heterocycles. The Morgan fingerprint density at radius 2 is 2.06 bits per heavy atom. The van der Waals surface area contributed by atoms with Crippen LogP contribution in [0.15, 0.2) is 24.3 Å². The van der Waals surface area contributed by atoms with Gasteiger partial charge in [-0.2, -0.15) is 0 Å². The summed E-state index contributed by atoms with van der Waals surface area (Å²) in [5.74, 6) is 0.303. The van der Waals surface area contributed by atoms with Crippen molar-refractivity contribution in [3.05, 3.63) is 35.4 Å². The molecule has 16 heavy (non-hydrogen) atoms. The van der Waals surface area contributed by atoms with Gasteiger partial charge in [-0.15, -0.1) is 0 Å². The van der Waals surface area contributed by atoms with E-state index in [9.17, 15) is 4.79 Å². The molecule has 86 valence electrons. The predicted octanol–water partition coefficient (Wildman–Crippen LogP) is 2.41. The second kappa shape index (κ2) is 5.26. The monoisotopic (exact) mass is 217 g/mol. The lowest BCUT2D eigenvalue weighted by molar-refractivity contribution is -0.117. The third-order valence-corrected chi connectivity index (χ3v) is 3.21. The molecule has 0 fully saturated rings. The van der Waals surface area contributed by atoms with E-state index in [1.807, 2.05) is 0 Å². The van der Waals surface area contributed by atoms with Crippen LogP contribution in [0.2, 0.25) is 0 Å². The van der Waals surface area contributed by atoms with E-state index in [1.54, 1.807) is 6.92 Å². The zero-order chi connectivity index (χ0) is 11.4. The molecule has 0 unspecified atom stereocenters. The van der Waals surface area contributed by atoms with Crippen molar-refractivity contribution in [2.45, 2.75) is 32.7 Å². The Morgan fingerprint density at radius 3 is 2.81 bits per heavy atom. The van der Waals surface area contributed by atoms with Crippen LogP contribution in [0.1, 0.15) is 30.9 Å². The zero-order valence-corrected chi connectivity index (χ0v) is 9.91. The Labute approximate surface area is 97.3 Å². The fourth-order valence-electron chi connectivity index (χ4n) is 2.30. The van der Waals surface area contributed by atoms with Gasteiger partial charge in [-0.25, -0.2) is 0 Å². The van der Waals surface area contributed by atoms with Gasteiger partial charge in [0.15, 0.2) is 0 Å². The number of fused-ring (bicyclic) bond motifs is 1. The molecule has 0 spiro atoms. The first kappa shape index (κ1) is 11.3. The third-order valence-electron chi connectivity index (χ3n) is 3.21. The van der Waals surface area contributed by atoms with Crippen LogP contribution in [0.5, 0.6) is 0 Å². The first-order valence-corrected chi connectivity index (χ1v) is 6.04. The standard InChI is InChI=1S/C14H19NO/c1-12(16)5-4-9-15-10-8-13-6-2-3-7-14(13)11-15/h2-3,6-7H,4-5,8-11H2,1H3. The van der Waals surface area contributed by atoms with Crippen molar-refractivity contribution >= 4 is 5.78 Å². The number of nitrogens with zero attached hydrogens (tertiary/aromatic N) is 1. The third kappa shape index (κ3) is 2.92. The molecule has 2 heteroatoms. The molecule has 1 aromatic rings. The van der Waals surface area contributed by atoms with Crippen molar-refractivity contribution in [2.75, 3.05) is 13.1 Å². The van der Waals surface area contributed by atoms with Crippen LogP contribution in [0.4, 0.5) is 0 Å². The number of hydrogen-bond donors (Lipinski definition) is 0. The first-order valence-electron chi connectivity index (χ1n) is 6.04. The average Bonchev–Trinajstić information content (AvgIpc) is 2.28. The summed E-state index contributed by atoms with van der Waals surface area (Å²) in [7, 11) is 0. The second-order valence-corrected chi connectivity index (χ2v) is 4.60. The van der Waals surface area contributed by atoms with E-state index < -0.39 is 0 Å². The van der Waals surface area contributed by atoms with E-state index in [1.165, 1.54) is 11.1 Å². The molecule has 0 atom stereocenters. The number of carbonyl (C=O) groups excluding carboxylic acids is 1. The Kier molecular flexibility index (Phi) is 3.73. The number of ketones is 1. The topological polar surface area (TPSA) is 20.3 Å². The van der Waals surface area contributed by atoms with Gasteiger partial charge in [-0.1, -0.05) is 24.3 Å². The van der Waals surface area contributed by atoms with Gasteiger partial charge in [-0.3, -0.25) is 4.90 Å². The van der Waals surface area contributed by atoms with E-state index in [-0.39, 0.29) is 0 Å². The van der Waals surface area contributed by atoms with Gasteiger partial charge in [0.1, 0.15) is 5.78 Å². The molecule has 0 radical (unpaired) electrons. The SMILES string of the molecule is CC(=O)CCCN1CCc2ccccc2C1. The summed E-state index contributed by atoms with van der Waals surface area (Å²) in [6.45, 7) is 4.91. The van der Waals surface area contributed by atoms with Crippen LogP contribution in [-0.2, 0) is 17.8 Å². The van der Waals surface area contributed by atoms with E-state index in [0.29, 0.717) is 5.78 Å². The Balaban J connectivity index is 1.86. The molecule has 0 aromatic heterocycles. The molecule has 2 nitrogen and oxygen atoms in total. The summed E-state index contributed by atoms with van der Waals surface area (Å²) < 4.78 is 0. The van der Waals surface area contributed by atoms with Gasteiger partial charge in [0.25, 0.3) is 0 Å². The van der Waals surface area contributed by atoms with Gasteiger partial charge < -0.3 is 4.79 Å². The lowest BCUT2D eigenvalue weighted by atomic mass is 10.00. The second-order valence-electron chi connectivity index (χ2n) is 4.60. The first-order chi connectivity index (χ1) is 7.75. The molecule has 1 heterocycles. The van der Waals surface area contributed by atoms with Crippen LogP contribution < -0.4 is 0 Å². The largest absolute Gasteiger partial charge is 0.300 e. The molecule has 0 saturated heterocycles. The average molecular weight is 217 g/mol. The summed E-state index contributed by atoms with van der Waals surface area (Å²) >= 11 is 0. The quantitative estimate of drug-likeness (QED) is 0.772. The van der Waals surface area contributed by atoms with Crippen molar-refractivity contribution < 1.29 is 4.79 Å². The van der Waals surface area contributed by atoms with Crippen molar-refractivity contribution in [3.63, 3.8) is 0 Å². The van der Waals surface area contributed by atoms with Gasteiger partial charge in [0.05, 0.1) is 0 Å². The molecular formula is C14H19NO. The molecule has 0 saturated carbocycles. The van der Waals surface area contributed by atoms with Gasteiger partial charge in [0.2, 0.25) is 0 Å². The molecule has 0 bridgehead atoms. The normalized spacial score (nSPS) is 15.8. The summed E-state index contributed by atoms with van der Waals surface area (Å²) in [5.41, 5.74) is 2.95. The van der Waals surface area contributed by atoms with Crippen molar-refractivity contribution in [2.24, 2.45) is 0 Å². The van der Waals surface area contributed by atoms with Crippen LogP contribution in [0.25, 0.3) is 0 Å². The summed E-state index contributed by atoms with van der Waals surface area (Å²) in [6, 6.07) is 8.66. The fraction of sp³-hybridized carbons (Fsp3) is 0.500. The van der Waals surface area contributed by atoms with E-state index in [2.05, 4.69) is 29.2 Å². The van der Waals surface area contributed by atoms with Crippen molar-refractivity contribution in [1.29, 1.82) is 0 Å².